The molecule has 0 amide bonds. The molecule has 2 aromatic rings. The van der Waals surface area contributed by atoms with E-state index >= 15 is 0 Å². The highest BCUT2D eigenvalue weighted by molar-refractivity contribution is 5.43. The van der Waals surface area contributed by atoms with Gasteiger partial charge in [0.2, 0.25) is 5.88 Å². The van der Waals surface area contributed by atoms with E-state index < -0.39 is 0 Å². The van der Waals surface area contributed by atoms with Gasteiger partial charge in [-0.05, 0) is 12.8 Å². The van der Waals surface area contributed by atoms with Crippen molar-refractivity contribution in [3.8, 4) is 23.1 Å². The van der Waals surface area contributed by atoms with Gasteiger partial charge in [0.1, 0.15) is 23.1 Å². The van der Waals surface area contributed by atoms with Gasteiger partial charge in [0.25, 0.3) is 5.56 Å². The first-order valence-corrected chi connectivity index (χ1v) is 6.70. The van der Waals surface area contributed by atoms with Crippen molar-refractivity contribution in [2.75, 3.05) is 14.2 Å². The maximum absolute atomic E-state index is 11.7. The lowest BCUT2D eigenvalue weighted by atomic mass is 10.3. The number of rotatable bonds is 5. The normalized spacial score (nSPS) is 13.8. The average molecular weight is 288 g/mol. The third-order valence-corrected chi connectivity index (χ3v) is 3.25. The first kappa shape index (κ1) is 13.5. The maximum Gasteiger partial charge on any atom is 0.254 e. The minimum absolute atomic E-state index is 0.211. The molecule has 0 spiro atoms. The molecule has 1 fully saturated rings. The number of H-pyrrole nitrogens is 1. The molecule has 0 radical (unpaired) electrons. The van der Waals surface area contributed by atoms with Gasteiger partial charge in [-0.15, -0.1) is 0 Å². The summed E-state index contributed by atoms with van der Waals surface area (Å²) < 4.78 is 16.0. The molecular formula is C15H16N2O4. The monoisotopic (exact) mass is 288 g/mol. The Labute approximate surface area is 121 Å². The number of benzene rings is 1. The van der Waals surface area contributed by atoms with E-state index in [4.69, 9.17) is 14.2 Å². The van der Waals surface area contributed by atoms with Crippen LogP contribution in [0.3, 0.4) is 0 Å². The molecule has 1 N–H and O–H groups in total. The summed E-state index contributed by atoms with van der Waals surface area (Å²) in [6.07, 6.45) is 2.11. The third-order valence-electron chi connectivity index (χ3n) is 3.25. The second kappa shape index (κ2) is 5.47. The molecule has 110 valence electrons. The number of aromatic amines is 1. The van der Waals surface area contributed by atoms with Crippen molar-refractivity contribution in [1.29, 1.82) is 0 Å². The minimum Gasteiger partial charge on any atom is -0.496 e. The highest BCUT2D eigenvalue weighted by Gasteiger charge is 2.26. The van der Waals surface area contributed by atoms with E-state index in [1.54, 1.807) is 32.4 Å². The molecule has 1 saturated carbocycles. The van der Waals surface area contributed by atoms with Gasteiger partial charge >= 0.3 is 0 Å². The second-order valence-corrected chi connectivity index (χ2v) is 4.89. The van der Waals surface area contributed by atoms with E-state index in [9.17, 15) is 4.79 Å². The summed E-state index contributed by atoms with van der Waals surface area (Å²) in [5.41, 5.74) is -0.211. The average Bonchev–Trinajstić information content (AvgIpc) is 3.30. The lowest BCUT2D eigenvalue weighted by Gasteiger charge is -2.09. The summed E-state index contributed by atoms with van der Waals surface area (Å²) in [6, 6.07) is 6.50. The van der Waals surface area contributed by atoms with Crippen LogP contribution in [0, 0.1) is 0 Å². The minimum atomic E-state index is -0.211. The first-order chi connectivity index (χ1) is 10.2. The van der Waals surface area contributed by atoms with E-state index in [1.807, 2.05) is 0 Å². The van der Waals surface area contributed by atoms with Crippen LogP contribution in [0.15, 0.2) is 29.1 Å². The SMILES string of the molecule is COc1cc(OC)cc(Oc2cc(=O)[nH]c(C3CC3)n2)c1. The Morgan fingerprint density at radius 1 is 1.05 bits per heavy atom. The van der Waals surface area contributed by atoms with Crippen molar-refractivity contribution in [3.05, 3.63) is 40.4 Å². The van der Waals surface area contributed by atoms with Crippen LogP contribution < -0.4 is 19.8 Å². The maximum atomic E-state index is 11.7. The molecular weight excluding hydrogens is 272 g/mol. The highest BCUT2D eigenvalue weighted by atomic mass is 16.5. The predicted octanol–water partition coefficient (Wildman–Crippen LogP) is 2.46. The van der Waals surface area contributed by atoms with Crippen LogP contribution in [0.25, 0.3) is 0 Å². The van der Waals surface area contributed by atoms with Crippen molar-refractivity contribution in [1.82, 2.24) is 9.97 Å². The molecule has 1 heterocycles. The number of ether oxygens (including phenoxy) is 3. The summed E-state index contributed by atoms with van der Waals surface area (Å²) in [7, 11) is 3.13. The number of nitrogens with one attached hydrogen (secondary N) is 1. The van der Waals surface area contributed by atoms with Gasteiger partial charge in [0.05, 0.1) is 20.3 Å². The van der Waals surface area contributed by atoms with E-state index in [1.165, 1.54) is 6.07 Å². The van der Waals surface area contributed by atoms with Gasteiger partial charge in [0.15, 0.2) is 0 Å². The molecule has 1 aliphatic rings. The van der Waals surface area contributed by atoms with Crippen molar-refractivity contribution in [2.45, 2.75) is 18.8 Å². The van der Waals surface area contributed by atoms with Gasteiger partial charge in [-0.25, -0.2) is 0 Å². The third kappa shape index (κ3) is 3.16. The Balaban J connectivity index is 1.90. The molecule has 0 aliphatic heterocycles. The van der Waals surface area contributed by atoms with Crippen LogP contribution in [0.1, 0.15) is 24.6 Å². The molecule has 6 heteroatoms. The van der Waals surface area contributed by atoms with E-state index in [2.05, 4.69) is 9.97 Å². The summed E-state index contributed by atoms with van der Waals surface area (Å²) in [5.74, 6) is 3.03. The molecule has 0 atom stereocenters. The zero-order valence-electron chi connectivity index (χ0n) is 11.9. The summed E-state index contributed by atoms with van der Waals surface area (Å²) >= 11 is 0. The number of hydrogen-bond donors (Lipinski definition) is 1. The number of nitrogens with zero attached hydrogens (tertiary/aromatic N) is 1. The van der Waals surface area contributed by atoms with Gasteiger partial charge in [-0.3, -0.25) is 4.79 Å². The lowest BCUT2D eigenvalue weighted by molar-refractivity contribution is 0.384. The van der Waals surface area contributed by atoms with Crippen molar-refractivity contribution in [2.24, 2.45) is 0 Å². The number of methoxy groups -OCH3 is 2. The van der Waals surface area contributed by atoms with Crippen molar-refractivity contribution in [3.63, 3.8) is 0 Å². The van der Waals surface area contributed by atoms with Gasteiger partial charge in [-0.2, -0.15) is 4.98 Å². The molecule has 0 bridgehead atoms. The van der Waals surface area contributed by atoms with Crippen molar-refractivity contribution < 1.29 is 14.2 Å². The summed E-state index contributed by atoms with van der Waals surface area (Å²) in [4.78, 5) is 18.7. The molecule has 1 aromatic heterocycles. The van der Waals surface area contributed by atoms with E-state index in [0.29, 0.717) is 29.0 Å². The first-order valence-electron chi connectivity index (χ1n) is 6.70. The summed E-state index contributed by atoms with van der Waals surface area (Å²) in [6.45, 7) is 0. The van der Waals surface area contributed by atoms with Gasteiger partial charge < -0.3 is 19.2 Å². The smallest absolute Gasteiger partial charge is 0.254 e. The molecule has 0 unspecified atom stereocenters. The molecule has 3 rings (SSSR count). The largest absolute Gasteiger partial charge is 0.496 e. The number of hydrogen-bond acceptors (Lipinski definition) is 5. The fourth-order valence-electron chi connectivity index (χ4n) is 2.02. The number of aromatic nitrogens is 2. The van der Waals surface area contributed by atoms with Crippen molar-refractivity contribution >= 4 is 0 Å². The van der Waals surface area contributed by atoms with Crippen LogP contribution >= 0.6 is 0 Å². The Morgan fingerprint density at radius 2 is 1.67 bits per heavy atom. The molecule has 0 saturated heterocycles. The predicted molar refractivity (Wildman–Crippen MR) is 76.5 cm³/mol. The zero-order valence-corrected chi connectivity index (χ0v) is 11.9. The quantitative estimate of drug-likeness (QED) is 0.914. The molecule has 21 heavy (non-hydrogen) atoms. The second-order valence-electron chi connectivity index (χ2n) is 4.89. The standard InChI is InChI=1S/C15H16N2O4/c1-19-10-5-11(20-2)7-12(6-10)21-14-8-13(18)16-15(17-14)9-3-4-9/h5-9H,3-4H2,1-2H3,(H,16,17,18). The van der Waals surface area contributed by atoms with Gasteiger partial charge in [0, 0.05) is 24.1 Å². The Hall–Kier alpha value is -2.50. The van der Waals surface area contributed by atoms with E-state index in [-0.39, 0.29) is 11.4 Å². The molecule has 1 aliphatic carbocycles. The highest BCUT2D eigenvalue weighted by Crippen LogP contribution is 2.38. The van der Waals surface area contributed by atoms with Crippen LogP contribution in [-0.2, 0) is 0 Å². The Morgan fingerprint density at radius 3 is 2.24 bits per heavy atom. The fourth-order valence-corrected chi connectivity index (χ4v) is 2.02. The molecule has 1 aromatic carbocycles. The van der Waals surface area contributed by atoms with Crippen LogP contribution in [-0.4, -0.2) is 24.2 Å². The Kier molecular flexibility index (Phi) is 3.51. The molecule has 6 nitrogen and oxygen atoms in total. The zero-order chi connectivity index (χ0) is 14.8. The Bertz CT molecular complexity index is 685. The topological polar surface area (TPSA) is 73.4 Å². The van der Waals surface area contributed by atoms with Crippen LogP contribution in [0.2, 0.25) is 0 Å². The van der Waals surface area contributed by atoms with Crippen LogP contribution in [0.4, 0.5) is 0 Å². The van der Waals surface area contributed by atoms with Crippen LogP contribution in [0.5, 0.6) is 23.1 Å². The van der Waals surface area contributed by atoms with Gasteiger partial charge in [-0.1, -0.05) is 0 Å². The van der Waals surface area contributed by atoms with E-state index in [0.717, 1.165) is 12.8 Å². The summed E-state index contributed by atoms with van der Waals surface area (Å²) in [5, 5.41) is 0. The fraction of sp³-hybridized carbons (Fsp3) is 0.333. The lowest BCUT2D eigenvalue weighted by Crippen LogP contribution is -2.10.